The van der Waals surface area contributed by atoms with Crippen molar-refractivity contribution in [1.29, 1.82) is 0 Å². The number of thioether (sulfide) groups is 1. The molecule has 1 rings (SSSR count). The molecule has 0 radical (unpaired) electrons. The van der Waals surface area contributed by atoms with Gasteiger partial charge in [0.1, 0.15) is 0 Å². The van der Waals surface area contributed by atoms with Crippen LogP contribution < -0.4 is 0 Å². The van der Waals surface area contributed by atoms with Gasteiger partial charge in [0.15, 0.2) is 0 Å². The van der Waals surface area contributed by atoms with Crippen LogP contribution in [0, 0.1) is 0 Å². The normalized spacial score (nSPS) is 11.6. The van der Waals surface area contributed by atoms with Crippen LogP contribution in [0.4, 0.5) is 8.78 Å². The van der Waals surface area contributed by atoms with Crippen molar-refractivity contribution < 1.29 is 18.7 Å². The maximum atomic E-state index is 13.4. The second-order valence-electron chi connectivity index (χ2n) is 3.97. The first-order valence-corrected chi connectivity index (χ1v) is 7.28. The molecule has 0 heterocycles. The molecule has 6 heteroatoms. The standard InChI is InChI=1S/C13H15ClF2O2S/c1-3-7-19-11-8(4-2)9(12(17)18)5-6-10(11)13(14,15)16/h5-6H,3-4,7H2,1-2H3,(H,17,18). The van der Waals surface area contributed by atoms with Crippen molar-refractivity contribution in [3.63, 3.8) is 0 Å². The van der Waals surface area contributed by atoms with Crippen molar-refractivity contribution in [1.82, 2.24) is 0 Å². The molecule has 0 bridgehead atoms. The number of hydrogen-bond acceptors (Lipinski definition) is 2. The molecule has 0 fully saturated rings. The zero-order chi connectivity index (χ0) is 14.6. The van der Waals surface area contributed by atoms with Crippen molar-refractivity contribution >= 4 is 29.3 Å². The van der Waals surface area contributed by atoms with E-state index in [9.17, 15) is 13.6 Å². The third-order valence-electron chi connectivity index (χ3n) is 2.60. The molecule has 0 aliphatic rings. The monoisotopic (exact) mass is 308 g/mol. The molecular formula is C13H15ClF2O2S. The smallest absolute Gasteiger partial charge is 0.349 e. The van der Waals surface area contributed by atoms with E-state index in [1.165, 1.54) is 17.8 Å². The first-order valence-electron chi connectivity index (χ1n) is 5.92. The van der Waals surface area contributed by atoms with E-state index in [0.29, 0.717) is 22.6 Å². The Morgan fingerprint density at radius 3 is 2.47 bits per heavy atom. The van der Waals surface area contributed by atoms with Gasteiger partial charge in [-0.05, 0) is 47.9 Å². The lowest BCUT2D eigenvalue weighted by Crippen LogP contribution is -2.11. The molecule has 2 nitrogen and oxygen atoms in total. The average molecular weight is 309 g/mol. The Labute approximate surface area is 120 Å². The lowest BCUT2D eigenvalue weighted by Gasteiger charge is -2.18. The summed E-state index contributed by atoms with van der Waals surface area (Å²) in [5.74, 6) is -0.476. The first kappa shape index (κ1) is 16.2. The van der Waals surface area contributed by atoms with E-state index in [1.54, 1.807) is 6.92 Å². The molecule has 0 saturated carbocycles. The molecule has 0 amide bonds. The second kappa shape index (κ2) is 6.57. The Morgan fingerprint density at radius 1 is 1.42 bits per heavy atom. The topological polar surface area (TPSA) is 37.3 Å². The Hall–Kier alpha value is -0.810. The average Bonchev–Trinajstić information content (AvgIpc) is 2.33. The highest BCUT2D eigenvalue weighted by molar-refractivity contribution is 7.99. The Morgan fingerprint density at radius 2 is 2.05 bits per heavy atom. The Kier molecular flexibility index (Phi) is 5.62. The van der Waals surface area contributed by atoms with Crippen LogP contribution in [-0.4, -0.2) is 16.8 Å². The Balaban J connectivity index is 3.46. The van der Waals surface area contributed by atoms with Crippen molar-refractivity contribution in [2.75, 3.05) is 5.75 Å². The summed E-state index contributed by atoms with van der Waals surface area (Å²) < 4.78 is 26.8. The van der Waals surface area contributed by atoms with Gasteiger partial charge in [0.2, 0.25) is 0 Å². The molecule has 1 N–H and O–H groups in total. The largest absolute Gasteiger partial charge is 0.478 e. The summed E-state index contributed by atoms with van der Waals surface area (Å²) in [5, 5.41) is 5.62. The van der Waals surface area contributed by atoms with Crippen LogP contribution in [0.3, 0.4) is 0 Å². The molecular weight excluding hydrogens is 294 g/mol. The van der Waals surface area contributed by atoms with Gasteiger partial charge in [-0.2, -0.15) is 8.78 Å². The van der Waals surface area contributed by atoms with Crippen LogP contribution in [0.25, 0.3) is 0 Å². The second-order valence-corrected chi connectivity index (χ2v) is 5.55. The van der Waals surface area contributed by atoms with Crippen LogP contribution >= 0.6 is 23.4 Å². The van der Waals surface area contributed by atoms with E-state index in [2.05, 4.69) is 0 Å². The molecule has 19 heavy (non-hydrogen) atoms. The third kappa shape index (κ3) is 3.83. The van der Waals surface area contributed by atoms with E-state index >= 15 is 0 Å². The number of hydrogen-bond donors (Lipinski definition) is 1. The summed E-state index contributed by atoms with van der Waals surface area (Å²) in [7, 11) is 0. The highest BCUT2D eigenvalue weighted by Gasteiger charge is 2.33. The molecule has 0 aliphatic heterocycles. The summed E-state index contributed by atoms with van der Waals surface area (Å²) in [6.07, 6.45) is 1.17. The molecule has 0 aromatic heterocycles. The number of benzene rings is 1. The maximum absolute atomic E-state index is 13.4. The van der Waals surface area contributed by atoms with Crippen molar-refractivity contribution in [3.8, 4) is 0 Å². The maximum Gasteiger partial charge on any atom is 0.349 e. The lowest BCUT2D eigenvalue weighted by molar-refractivity contribution is 0.0692. The van der Waals surface area contributed by atoms with Gasteiger partial charge in [-0.25, -0.2) is 4.79 Å². The number of rotatable bonds is 6. The van der Waals surface area contributed by atoms with Crippen LogP contribution in [0.15, 0.2) is 17.0 Å². The molecule has 1 aromatic rings. The van der Waals surface area contributed by atoms with E-state index in [1.807, 2.05) is 6.92 Å². The number of carboxylic acids is 1. The molecule has 0 saturated heterocycles. The molecule has 0 spiro atoms. The molecule has 106 valence electrons. The summed E-state index contributed by atoms with van der Waals surface area (Å²) in [4.78, 5) is 11.4. The highest BCUT2D eigenvalue weighted by atomic mass is 35.5. The predicted molar refractivity (Wildman–Crippen MR) is 73.5 cm³/mol. The van der Waals surface area contributed by atoms with Crippen molar-refractivity contribution in [3.05, 3.63) is 28.8 Å². The van der Waals surface area contributed by atoms with Gasteiger partial charge in [-0.3, -0.25) is 0 Å². The minimum Gasteiger partial charge on any atom is -0.478 e. The van der Waals surface area contributed by atoms with Gasteiger partial charge in [0.25, 0.3) is 0 Å². The van der Waals surface area contributed by atoms with Crippen LogP contribution in [0.5, 0.6) is 0 Å². The highest BCUT2D eigenvalue weighted by Crippen LogP contribution is 2.41. The zero-order valence-corrected chi connectivity index (χ0v) is 12.2. The van der Waals surface area contributed by atoms with E-state index in [0.717, 1.165) is 12.5 Å². The number of aromatic carboxylic acids is 1. The molecule has 0 atom stereocenters. The molecule has 1 aromatic carbocycles. The van der Waals surface area contributed by atoms with Crippen molar-refractivity contribution in [2.45, 2.75) is 37.0 Å². The number of halogens is 3. The van der Waals surface area contributed by atoms with E-state index in [4.69, 9.17) is 16.7 Å². The van der Waals surface area contributed by atoms with Crippen molar-refractivity contribution in [2.24, 2.45) is 0 Å². The fourth-order valence-corrected chi connectivity index (χ4v) is 3.17. The predicted octanol–water partition coefficient (Wildman–Crippen LogP) is 4.74. The minimum absolute atomic E-state index is 0.0609. The Bertz CT molecular complexity index is 472. The van der Waals surface area contributed by atoms with Gasteiger partial charge < -0.3 is 5.11 Å². The van der Waals surface area contributed by atoms with E-state index < -0.39 is 11.4 Å². The van der Waals surface area contributed by atoms with E-state index in [-0.39, 0.29) is 11.1 Å². The number of carboxylic acid groups (broad SMARTS) is 1. The van der Waals surface area contributed by atoms with Gasteiger partial charge >= 0.3 is 11.4 Å². The molecule has 0 aliphatic carbocycles. The first-order chi connectivity index (χ1) is 8.82. The van der Waals surface area contributed by atoms with Crippen LogP contribution in [-0.2, 0) is 11.8 Å². The summed E-state index contributed by atoms with van der Waals surface area (Å²) in [6.45, 7) is 3.67. The third-order valence-corrected chi connectivity index (χ3v) is 4.17. The minimum atomic E-state index is -3.49. The fraction of sp³-hybridized carbons (Fsp3) is 0.462. The molecule has 0 unspecified atom stereocenters. The van der Waals surface area contributed by atoms with Gasteiger partial charge in [-0.1, -0.05) is 13.8 Å². The van der Waals surface area contributed by atoms with Gasteiger partial charge in [-0.15, -0.1) is 11.8 Å². The zero-order valence-electron chi connectivity index (χ0n) is 10.7. The number of alkyl halides is 3. The summed E-state index contributed by atoms with van der Waals surface area (Å²) in [5.41, 5.74) is 0.170. The van der Waals surface area contributed by atoms with Crippen LogP contribution in [0.1, 0.15) is 41.8 Å². The fourth-order valence-electron chi connectivity index (χ4n) is 1.77. The van der Waals surface area contributed by atoms with Gasteiger partial charge in [0.05, 0.1) is 11.1 Å². The SMILES string of the molecule is CCCSc1c(C(F)(F)Cl)ccc(C(=O)O)c1CC. The van der Waals surface area contributed by atoms with Gasteiger partial charge in [0, 0.05) is 4.90 Å². The quantitative estimate of drug-likeness (QED) is 0.609. The summed E-state index contributed by atoms with van der Waals surface area (Å²) in [6, 6.07) is 2.30. The lowest BCUT2D eigenvalue weighted by atomic mass is 10.0. The summed E-state index contributed by atoms with van der Waals surface area (Å²) >= 11 is 6.34. The number of carbonyl (C=O) groups is 1. The van der Waals surface area contributed by atoms with Crippen LogP contribution in [0.2, 0.25) is 0 Å².